The Morgan fingerprint density at radius 3 is 2.35 bits per heavy atom. The Hall–Kier alpha value is -4.27. The van der Waals surface area contributed by atoms with E-state index in [-0.39, 0.29) is 48.3 Å². The van der Waals surface area contributed by atoms with Crippen molar-refractivity contribution in [1.29, 1.82) is 5.26 Å². The molecule has 0 radical (unpaired) electrons. The molecule has 0 saturated carbocycles. The van der Waals surface area contributed by atoms with E-state index in [0.29, 0.717) is 22.3 Å². The molecule has 1 fully saturated rings. The fraction of sp³-hybridized carbons (Fsp3) is 0.231. The summed E-state index contributed by atoms with van der Waals surface area (Å²) in [4.78, 5) is 14.5. The first-order chi connectivity index (χ1) is 17.7. The van der Waals surface area contributed by atoms with Crippen LogP contribution < -0.4 is 4.74 Å². The van der Waals surface area contributed by atoms with Crippen LogP contribution in [0.2, 0.25) is 0 Å². The van der Waals surface area contributed by atoms with Gasteiger partial charge in [-0.3, -0.25) is 4.79 Å². The van der Waals surface area contributed by atoms with Crippen molar-refractivity contribution in [2.75, 3.05) is 26.2 Å². The number of nitriles is 1. The molecule has 4 aromatic rings. The highest BCUT2D eigenvalue weighted by molar-refractivity contribution is 7.89. The largest absolute Gasteiger partial charge is 0.456 e. The summed E-state index contributed by atoms with van der Waals surface area (Å²) in [6, 6.07) is 16.9. The zero-order valence-electron chi connectivity index (χ0n) is 20.2. The van der Waals surface area contributed by atoms with Crippen LogP contribution in [0, 0.1) is 25.2 Å². The maximum atomic E-state index is 13.7. The van der Waals surface area contributed by atoms with E-state index in [2.05, 4.69) is 14.9 Å². The van der Waals surface area contributed by atoms with Crippen molar-refractivity contribution in [2.45, 2.75) is 18.7 Å². The fourth-order valence-electron chi connectivity index (χ4n) is 4.35. The summed E-state index contributed by atoms with van der Waals surface area (Å²) in [5.41, 5.74) is 3.61. The molecule has 0 aliphatic carbocycles. The maximum Gasteiger partial charge on any atom is 0.254 e. The highest BCUT2D eigenvalue weighted by Crippen LogP contribution is 2.33. The monoisotopic (exact) mass is 517 g/mol. The van der Waals surface area contributed by atoms with Crippen molar-refractivity contribution in [3.8, 4) is 17.6 Å². The topological polar surface area (TPSA) is 130 Å². The summed E-state index contributed by atoms with van der Waals surface area (Å²) in [5, 5.41) is 16.9. The lowest BCUT2D eigenvalue weighted by Crippen LogP contribution is -2.50. The normalized spacial score (nSPS) is 14.5. The van der Waals surface area contributed by atoms with Crippen LogP contribution in [-0.2, 0) is 10.0 Å². The van der Waals surface area contributed by atoms with Crippen LogP contribution in [0.3, 0.4) is 0 Å². The predicted molar refractivity (Wildman–Crippen MR) is 134 cm³/mol. The van der Waals surface area contributed by atoms with E-state index < -0.39 is 10.0 Å². The van der Waals surface area contributed by atoms with Crippen LogP contribution in [0.1, 0.15) is 27.0 Å². The van der Waals surface area contributed by atoms with Crippen molar-refractivity contribution >= 4 is 27.0 Å². The first-order valence-corrected chi connectivity index (χ1v) is 13.0. The van der Waals surface area contributed by atoms with Crippen molar-refractivity contribution in [2.24, 2.45) is 0 Å². The number of aromatic nitrogens is 2. The lowest BCUT2D eigenvalue weighted by atomic mass is 10.1. The highest BCUT2D eigenvalue weighted by atomic mass is 32.2. The minimum absolute atomic E-state index is 0.0885. The van der Waals surface area contributed by atoms with E-state index in [4.69, 9.17) is 4.74 Å². The molecule has 188 valence electrons. The van der Waals surface area contributed by atoms with Gasteiger partial charge in [0.2, 0.25) is 10.0 Å². The molecule has 0 atom stereocenters. The van der Waals surface area contributed by atoms with E-state index >= 15 is 0 Å². The number of nitrogens with zero attached hydrogens (tertiary/aromatic N) is 5. The van der Waals surface area contributed by atoms with E-state index in [1.54, 1.807) is 23.1 Å². The van der Waals surface area contributed by atoms with Crippen LogP contribution in [0.25, 0.3) is 11.0 Å². The third kappa shape index (κ3) is 4.89. The van der Waals surface area contributed by atoms with Gasteiger partial charge in [0.1, 0.15) is 27.4 Å². The molecule has 1 aliphatic rings. The van der Waals surface area contributed by atoms with Gasteiger partial charge in [-0.15, -0.1) is 0 Å². The van der Waals surface area contributed by atoms with Gasteiger partial charge in [-0.1, -0.05) is 6.07 Å². The zero-order valence-corrected chi connectivity index (χ0v) is 21.0. The number of ether oxygens (including phenoxy) is 1. The predicted octanol–water partition coefficient (Wildman–Crippen LogP) is 3.65. The van der Waals surface area contributed by atoms with Gasteiger partial charge in [-0.05, 0) is 83.8 Å². The Bertz CT molecular complexity index is 1630. The molecule has 0 spiro atoms. The Morgan fingerprint density at radius 1 is 0.946 bits per heavy atom. The number of aryl methyl sites for hydroxylation is 2. The smallest absolute Gasteiger partial charge is 0.254 e. The molecule has 0 unspecified atom stereocenters. The molecule has 5 rings (SSSR count). The van der Waals surface area contributed by atoms with Gasteiger partial charge in [0.05, 0.1) is 11.6 Å². The highest BCUT2D eigenvalue weighted by Gasteiger charge is 2.33. The van der Waals surface area contributed by atoms with Crippen LogP contribution in [-0.4, -0.2) is 60.0 Å². The maximum absolute atomic E-state index is 13.7. The van der Waals surface area contributed by atoms with Gasteiger partial charge in [0.25, 0.3) is 5.91 Å². The molecule has 11 heteroatoms. The molecule has 3 aromatic carbocycles. The second-order valence-corrected chi connectivity index (χ2v) is 10.8. The number of sulfonamides is 1. The number of carbonyl (C=O) groups is 1. The van der Waals surface area contributed by atoms with Gasteiger partial charge < -0.3 is 9.64 Å². The molecular weight excluding hydrogens is 494 g/mol. The van der Waals surface area contributed by atoms with Crippen molar-refractivity contribution in [3.63, 3.8) is 0 Å². The quantitative estimate of drug-likeness (QED) is 0.392. The average molecular weight is 518 g/mol. The molecule has 2 heterocycles. The number of carbonyl (C=O) groups excluding carboxylic acids is 1. The van der Waals surface area contributed by atoms with Crippen LogP contribution in [0.15, 0.2) is 64.1 Å². The number of amides is 1. The lowest BCUT2D eigenvalue weighted by molar-refractivity contribution is 0.0698. The van der Waals surface area contributed by atoms with Gasteiger partial charge >= 0.3 is 0 Å². The molecule has 37 heavy (non-hydrogen) atoms. The zero-order chi connectivity index (χ0) is 26.2. The molecule has 0 bridgehead atoms. The molecule has 1 aromatic heterocycles. The number of hydrogen-bond donors (Lipinski definition) is 0. The van der Waals surface area contributed by atoms with E-state index in [1.165, 1.54) is 22.5 Å². The number of benzene rings is 3. The number of hydrogen-bond acceptors (Lipinski definition) is 8. The van der Waals surface area contributed by atoms with Gasteiger partial charge in [-0.2, -0.15) is 9.57 Å². The summed E-state index contributed by atoms with van der Waals surface area (Å²) < 4.78 is 39.3. The summed E-state index contributed by atoms with van der Waals surface area (Å²) in [6.07, 6.45) is 0. The number of rotatable bonds is 5. The summed E-state index contributed by atoms with van der Waals surface area (Å²) in [7, 11) is -4.01. The second kappa shape index (κ2) is 9.65. The molecule has 1 aliphatic heterocycles. The summed E-state index contributed by atoms with van der Waals surface area (Å²) >= 11 is 0. The van der Waals surface area contributed by atoms with E-state index in [1.807, 2.05) is 38.1 Å². The van der Waals surface area contributed by atoms with Crippen LogP contribution in [0.4, 0.5) is 0 Å². The minimum Gasteiger partial charge on any atom is -0.456 e. The van der Waals surface area contributed by atoms with E-state index in [0.717, 1.165) is 11.1 Å². The van der Waals surface area contributed by atoms with E-state index in [9.17, 15) is 18.5 Å². The molecule has 1 amide bonds. The van der Waals surface area contributed by atoms with Gasteiger partial charge in [0, 0.05) is 31.7 Å². The Balaban J connectivity index is 1.37. The van der Waals surface area contributed by atoms with Gasteiger partial charge in [-0.25, -0.2) is 13.0 Å². The number of piperazine rings is 1. The van der Waals surface area contributed by atoms with Crippen molar-refractivity contribution < 1.29 is 22.6 Å². The summed E-state index contributed by atoms with van der Waals surface area (Å²) in [5.74, 6) is 0.414. The van der Waals surface area contributed by atoms with Gasteiger partial charge in [0.15, 0.2) is 0 Å². The molecular formula is C26H23N5O5S. The fourth-order valence-corrected chi connectivity index (χ4v) is 5.91. The lowest BCUT2D eigenvalue weighted by Gasteiger charge is -2.34. The Kier molecular flexibility index (Phi) is 6.37. The SMILES string of the molecule is Cc1cc(C)cc(Oc2ccc(C#N)cc2S(=O)(=O)N2CCN(C(=O)c3ccc4nonc4c3)CC2)c1. The minimum atomic E-state index is -4.01. The first-order valence-electron chi connectivity index (χ1n) is 11.6. The number of fused-ring (bicyclic) bond motifs is 1. The van der Waals surface area contributed by atoms with Crippen molar-refractivity contribution in [3.05, 3.63) is 76.9 Å². The Labute approximate surface area is 213 Å². The third-order valence-corrected chi connectivity index (χ3v) is 8.06. The summed E-state index contributed by atoms with van der Waals surface area (Å²) in [6.45, 7) is 4.47. The third-order valence-electron chi connectivity index (χ3n) is 6.14. The Morgan fingerprint density at radius 2 is 1.65 bits per heavy atom. The molecule has 0 N–H and O–H groups in total. The average Bonchev–Trinajstić information content (AvgIpc) is 3.36. The standard InChI is InChI=1S/C26H23N5O5S/c1-17-11-18(2)13-21(12-17)35-24-6-3-19(16-27)14-25(24)37(33,34)31-9-7-30(8-10-31)26(32)20-4-5-22-23(15-20)29-36-28-22/h3-6,11-15H,7-10H2,1-2H3. The molecule has 10 nitrogen and oxygen atoms in total. The van der Waals surface area contributed by atoms with Crippen LogP contribution >= 0.6 is 0 Å². The molecule has 1 saturated heterocycles. The van der Waals surface area contributed by atoms with Crippen molar-refractivity contribution in [1.82, 2.24) is 19.5 Å². The van der Waals surface area contributed by atoms with Crippen LogP contribution in [0.5, 0.6) is 11.5 Å². The first kappa shape index (κ1) is 24.4. The second-order valence-electron chi connectivity index (χ2n) is 8.86.